The van der Waals surface area contributed by atoms with Crippen LogP contribution in [0, 0.1) is 0 Å². The zero-order chi connectivity index (χ0) is 18.8. The van der Waals surface area contributed by atoms with Gasteiger partial charge in [-0.2, -0.15) is 0 Å². The molecule has 0 unspecified atom stereocenters. The van der Waals surface area contributed by atoms with Crippen molar-refractivity contribution in [3.8, 4) is 11.5 Å². The van der Waals surface area contributed by atoms with Crippen molar-refractivity contribution in [1.82, 2.24) is 14.9 Å². The van der Waals surface area contributed by atoms with E-state index >= 15 is 0 Å². The van der Waals surface area contributed by atoms with Crippen molar-refractivity contribution >= 4 is 28.4 Å². The van der Waals surface area contributed by atoms with Crippen LogP contribution in [0.3, 0.4) is 0 Å². The van der Waals surface area contributed by atoms with Crippen LogP contribution < -0.4 is 20.3 Å². The summed E-state index contributed by atoms with van der Waals surface area (Å²) in [7, 11) is 0. The van der Waals surface area contributed by atoms with Gasteiger partial charge in [0.25, 0.3) is 5.56 Å². The van der Waals surface area contributed by atoms with Crippen LogP contribution in [-0.2, 0) is 11.3 Å². The highest BCUT2D eigenvalue weighted by Gasteiger charge is 2.21. The molecule has 138 valence electrons. The number of aromatic nitrogens is 2. The van der Waals surface area contributed by atoms with E-state index in [1.54, 1.807) is 18.2 Å². The van der Waals surface area contributed by atoms with E-state index in [-0.39, 0.29) is 30.7 Å². The predicted molar refractivity (Wildman–Crippen MR) is 100 cm³/mol. The van der Waals surface area contributed by atoms with Gasteiger partial charge in [-0.25, -0.2) is 4.98 Å². The molecule has 0 fully saturated rings. The van der Waals surface area contributed by atoms with Gasteiger partial charge in [0.2, 0.25) is 5.91 Å². The molecule has 2 aromatic carbocycles. The predicted octanol–water partition coefficient (Wildman–Crippen LogP) is 2.01. The summed E-state index contributed by atoms with van der Waals surface area (Å²) in [5.74, 6) is 1.02. The highest BCUT2D eigenvalue weighted by atomic mass is 35.5. The topological polar surface area (TPSA) is 82.5 Å². The maximum atomic E-state index is 12.5. The SMILES string of the molecule is O=C(Cn1cnc2ccc(Cl)cc2c1=O)NC[C@H]1COc2ccccc2O1. The van der Waals surface area contributed by atoms with E-state index in [1.807, 2.05) is 24.3 Å². The Hall–Kier alpha value is -3.06. The molecule has 1 amide bonds. The molecule has 2 heterocycles. The van der Waals surface area contributed by atoms with E-state index in [1.165, 1.54) is 10.9 Å². The van der Waals surface area contributed by atoms with E-state index in [2.05, 4.69) is 10.3 Å². The second-order valence-corrected chi connectivity index (χ2v) is 6.58. The summed E-state index contributed by atoms with van der Waals surface area (Å²) in [6.07, 6.45) is 1.06. The van der Waals surface area contributed by atoms with Crippen molar-refractivity contribution < 1.29 is 14.3 Å². The first kappa shape index (κ1) is 17.4. The molecule has 0 radical (unpaired) electrons. The Balaban J connectivity index is 1.39. The van der Waals surface area contributed by atoms with Gasteiger partial charge in [-0.05, 0) is 30.3 Å². The van der Waals surface area contributed by atoms with Gasteiger partial charge < -0.3 is 14.8 Å². The van der Waals surface area contributed by atoms with E-state index in [4.69, 9.17) is 21.1 Å². The highest BCUT2D eigenvalue weighted by molar-refractivity contribution is 6.31. The molecular weight excluding hydrogens is 370 g/mol. The molecule has 1 aromatic heterocycles. The Morgan fingerprint density at radius 3 is 2.93 bits per heavy atom. The molecule has 0 spiro atoms. The molecule has 0 saturated heterocycles. The third-order valence-electron chi connectivity index (χ3n) is 4.19. The lowest BCUT2D eigenvalue weighted by molar-refractivity contribution is -0.122. The molecule has 1 N–H and O–H groups in total. The zero-order valence-corrected chi connectivity index (χ0v) is 15.0. The van der Waals surface area contributed by atoms with Gasteiger partial charge in [0.15, 0.2) is 11.5 Å². The van der Waals surface area contributed by atoms with Crippen LogP contribution in [0.15, 0.2) is 53.6 Å². The van der Waals surface area contributed by atoms with Gasteiger partial charge in [0.05, 0.1) is 23.8 Å². The second-order valence-electron chi connectivity index (χ2n) is 6.14. The lowest BCUT2D eigenvalue weighted by Gasteiger charge is -2.26. The number of nitrogens with one attached hydrogen (secondary N) is 1. The Bertz CT molecular complexity index is 1070. The molecule has 0 saturated carbocycles. The summed E-state index contributed by atoms with van der Waals surface area (Å²) in [6, 6.07) is 12.2. The minimum Gasteiger partial charge on any atom is -0.486 e. The summed E-state index contributed by atoms with van der Waals surface area (Å²) in [4.78, 5) is 28.9. The molecule has 0 bridgehead atoms. The molecule has 4 rings (SSSR count). The lowest BCUT2D eigenvalue weighted by atomic mass is 10.2. The summed E-state index contributed by atoms with van der Waals surface area (Å²) in [6.45, 7) is 0.473. The van der Waals surface area contributed by atoms with Crippen molar-refractivity contribution in [1.29, 1.82) is 0 Å². The maximum absolute atomic E-state index is 12.5. The third-order valence-corrected chi connectivity index (χ3v) is 4.43. The van der Waals surface area contributed by atoms with Crippen LogP contribution in [0.2, 0.25) is 5.02 Å². The third kappa shape index (κ3) is 3.73. The number of fused-ring (bicyclic) bond motifs is 2. The molecule has 0 aliphatic carbocycles. The second kappa shape index (κ2) is 7.28. The number of para-hydroxylation sites is 2. The summed E-state index contributed by atoms with van der Waals surface area (Å²) in [5.41, 5.74) is 0.219. The largest absolute Gasteiger partial charge is 0.486 e. The molecule has 8 heteroatoms. The van der Waals surface area contributed by atoms with Gasteiger partial charge in [-0.1, -0.05) is 23.7 Å². The Kier molecular flexibility index (Phi) is 4.68. The number of benzene rings is 2. The minimum atomic E-state index is -0.317. The van der Waals surface area contributed by atoms with Crippen LogP contribution in [0.5, 0.6) is 11.5 Å². The van der Waals surface area contributed by atoms with Crippen LogP contribution in [0.1, 0.15) is 0 Å². The van der Waals surface area contributed by atoms with E-state index in [9.17, 15) is 9.59 Å². The van der Waals surface area contributed by atoms with E-state index in [0.29, 0.717) is 34.0 Å². The van der Waals surface area contributed by atoms with Crippen LogP contribution in [0.25, 0.3) is 10.9 Å². The number of nitrogens with zero attached hydrogens (tertiary/aromatic N) is 2. The molecule has 1 aliphatic heterocycles. The van der Waals surface area contributed by atoms with Crippen molar-refractivity contribution in [2.24, 2.45) is 0 Å². The summed E-state index contributed by atoms with van der Waals surface area (Å²) < 4.78 is 12.7. The molecular formula is C19H16ClN3O4. The minimum absolute atomic E-state index is 0.140. The lowest BCUT2D eigenvalue weighted by Crippen LogP contribution is -2.42. The first-order valence-electron chi connectivity index (χ1n) is 8.40. The van der Waals surface area contributed by atoms with Crippen LogP contribution in [0.4, 0.5) is 0 Å². The zero-order valence-electron chi connectivity index (χ0n) is 14.2. The molecule has 3 aromatic rings. The summed E-state index contributed by atoms with van der Waals surface area (Å²) in [5, 5.41) is 3.58. The van der Waals surface area contributed by atoms with Gasteiger partial charge in [0, 0.05) is 5.02 Å². The monoisotopic (exact) mass is 385 g/mol. The van der Waals surface area contributed by atoms with Gasteiger partial charge in [0.1, 0.15) is 19.3 Å². The van der Waals surface area contributed by atoms with Crippen molar-refractivity contribution in [3.63, 3.8) is 0 Å². The van der Waals surface area contributed by atoms with Gasteiger partial charge in [-0.15, -0.1) is 0 Å². The quantitative estimate of drug-likeness (QED) is 0.742. The number of rotatable bonds is 4. The molecule has 7 nitrogen and oxygen atoms in total. The van der Waals surface area contributed by atoms with Crippen molar-refractivity contribution in [2.45, 2.75) is 12.6 Å². The molecule has 1 atom stereocenters. The summed E-state index contributed by atoms with van der Waals surface area (Å²) >= 11 is 5.94. The van der Waals surface area contributed by atoms with Gasteiger partial charge in [-0.3, -0.25) is 14.2 Å². The van der Waals surface area contributed by atoms with Gasteiger partial charge >= 0.3 is 0 Å². The average molecular weight is 386 g/mol. The molecule has 27 heavy (non-hydrogen) atoms. The molecule has 1 aliphatic rings. The van der Waals surface area contributed by atoms with Crippen molar-refractivity contribution in [2.75, 3.05) is 13.2 Å². The number of ether oxygens (including phenoxy) is 2. The fourth-order valence-electron chi connectivity index (χ4n) is 2.85. The fraction of sp³-hybridized carbons (Fsp3) is 0.211. The first-order valence-corrected chi connectivity index (χ1v) is 8.78. The van der Waals surface area contributed by atoms with E-state index in [0.717, 1.165) is 0 Å². The number of hydrogen-bond acceptors (Lipinski definition) is 5. The van der Waals surface area contributed by atoms with Crippen LogP contribution in [-0.4, -0.2) is 34.7 Å². The normalized spacial score (nSPS) is 15.5. The number of carbonyl (C=O) groups excluding carboxylic acids is 1. The Morgan fingerprint density at radius 2 is 2.07 bits per heavy atom. The number of halogens is 1. The Labute approximate surface area is 159 Å². The standard InChI is InChI=1S/C19H16ClN3O4/c20-12-5-6-15-14(7-12)19(25)23(11-22-15)9-18(24)21-8-13-10-26-16-3-1-2-4-17(16)27-13/h1-7,11,13H,8-10H2,(H,21,24)/t13-/m0/s1. The smallest absolute Gasteiger partial charge is 0.261 e. The highest BCUT2D eigenvalue weighted by Crippen LogP contribution is 2.30. The Morgan fingerprint density at radius 1 is 1.26 bits per heavy atom. The first-order chi connectivity index (χ1) is 13.1. The number of carbonyl (C=O) groups is 1. The average Bonchev–Trinajstić information content (AvgIpc) is 2.69. The number of amides is 1. The van der Waals surface area contributed by atoms with Crippen molar-refractivity contribution in [3.05, 3.63) is 64.2 Å². The van der Waals surface area contributed by atoms with Crippen LogP contribution >= 0.6 is 11.6 Å². The number of hydrogen-bond donors (Lipinski definition) is 1. The maximum Gasteiger partial charge on any atom is 0.261 e. The van der Waals surface area contributed by atoms with E-state index < -0.39 is 0 Å². The fourth-order valence-corrected chi connectivity index (χ4v) is 3.02.